The molecule has 0 aromatic heterocycles. The molecule has 0 bridgehead atoms. The molecule has 2 aromatic rings. The van der Waals surface area contributed by atoms with Gasteiger partial charge in [0.2, 0.25) is 11.8 Å². The number of aryl methyl sites for hydroxylation is 1. The summed E-state index contributed by atoms with van der Waals surface area (Å²) < 4.78 is 0. The van der Waals surface area contributed by atoms with Gasteiger partial charge in [-0.2, -0.15) is 0 Å². The summed E-state index contributed by atoms with van der Waals surface area (Å²) in [5.41, 5.74) is 11.8. The summed E-state index contributed by atoms with van der Waals surface area (Å²) in [4.78, 5) is 24.4. The molecule has 0 heterocycles. The lowest BCUT2D eigenvalue weighted by atomic mass is 9.99. The lowest BCUT2D eigenvalue weighted by molar-refractivity contribution is -0.130. The van der Waals surface area contributed by atoms with Gasteiger partial charge in [-0.1, -0.05) is 48.5 Å². The van der Waals surface area contributed by atoms with Crippen LogP contribution in [0.1, 0.15) is 17.5 Å². The van der Waals surface area contributed by atoms with E-state index in [1.807, 2.05) is 48.5 Å². The maximum Gasteiger partial charge on any atom is 0.243 e. The largest absolute Gasteiger partial charge is 0.347 e. The highest BCUT2D eigenvalue weighted by Gasteiger charge is 2.15. The summed E-state index contributed by atoms with van der Waals surface area (Å²) in [6, 6.07) is 15.4. The fraction of sp³-hybridized carbons (Fsp3) is 0.300. The van der Waals surface area contributed by atoms with Gasteiger partial charge in [-0.3, -0.25) is 14.8 Å². The third-order valence-corrected chi connectivity index (χ3v) is 4.22. The van der Waals surface area contributed by atoms with Crippen LogP contribution >= 0.6 is 12.4 Å². The third-order valence-electron chi connectivity index (χ3n) is 4.22. The first-order chi connectivity index (χ1) is 12.4. The molecule has 0 aliphatic carbocycles. The van der Waals surface area contributed by atoms with Crippen molar-refractivity contribution in [2.75, 3.05) is 14.1 Å². The van der Waals surface area contributed by atoms with Gasteiger partial charge in [0.1, 0.15) is 0 Å². The van der Waals surface area contributed by atoms with Gasteiger partial charge in [0.25, 0.3) is 0 Å². The van der Waals surface area contributed by atoms with Gasteiger partial charge in [0.05, 0.1) is 6.04 Å². The number of hydroxylamine groups is 1. The van der Waals surface area contributed by atoms with E-state index in [0.717, 1.165) is 22.3 Å². The molecule has 0 fully saturated rings. The van der Waals surface area contributed by atoms with E-state index < -0.39 is 11.9 Å². The number of carbonyl (C=O) groups excluding carboxylic acids is 2. The predicted octanol–water partition coefficient (Wildman–Crippen LogP) is 2.17. The average Bonchev–Trinajstić information content (AvgIpc) is 2.66. The summed E-state index contributed by atoms with van der Waals surface area (Å²) in [6.45, 7) is 0. The number of nitrogens with two attached hydrogens (primary N) is 1. The van der Waals surface area contributed by atoms with E-state index in [1.54, 1.807) is 19.6 Å². The van der Waals surface area contributed by atoms with E-state index in [2.05, 4.69) is 0 Å². The number of halogens is 1. The SMILES string of the molecule is CN(C)C(=O)C(N)Cc1ccc(-c2ccc(CCC(=O)NO)cc2)cc1.Cl. The van der Waals surface area contributed by atoms with Gasteiger partial charge >= 0.3 is 0 Å². The Morgan fingerprint density at radius 2 is 1.48 bits per heavy atom. The normalized spacial score (nSPS) is 11.3. The topological polar surface area (TPSA) is 95.7 Å². The van der Waals surface area contributed by atoms with Crippen molar-refractivity contribution in [3.8, 4) is 11.1 Å². The number of likely N-dealkylation sites (N-methyl/N-ethyl adjacent to an activating group) is 1. The number of nitrogens with one attached hydrogen (secondary N) is 1. The highest BCUT2D eigenvalue weighted by atomic mass is 35.5. The number of amides is 2. The molecular formula is C20H26ClN3O3. The van der Waals surface area contributed by atoms with E-state index in [-0.39, 0.29) is 24.7 Å². The highest BCUT2D eigenvalue weighted by molar-refractivity contribution is 5.85. The molecule has 1 atom stereocenters. The summed E-state index contributed by atoms with van der Waals surface area (Å²) in [5, 5.41) is 8.51. The zero-order chi connectivity index (χ0) is 19.1. The number of rotatable bonds is 7. The molecule has 4 N–H and O–H groups in total. The number of nitrogens with zero attached hydrogens (tertiary/aromatic N) is 1. The number of carbonyl (C=O) groups is 2. The van der Waals surface area contributed by atoms with Crippen molar-refractivity contribution < 1.29 is 14.8 Å². The van der Waals surface area contributed by atoms with Gasteiger partial charge < -0.3 is 10.6 Å². The van der Waals surface area contributed by atoms with Crippen LogP contribution in [0.2, 0.25) is 0 Å². The molecule has 0 saturated carbocycles. The van der Waals surface area contributed by atoms with Crippen LogP contribution in [0.4, 0.5) is 0 Å². The quantitative estimate of drug-likeness (QED) is 0.498. The monoisotopic (exact) mass is 391 g/mol. The Bertz CT molecular complexity index is 746. The maximum atomic E-state index is 11.8. The smallest absolute Gasteiger partial charge is 0.243 e. The Balaban J connectivity index is 0.00000364. The molecule has 0 radical (unpaired) electrons. The number of benzene rings is 2. The van der Waals surface area contributed by atoms with E-state index in [1.165, 1.54) is 4.90 Å². The molecule has 27 heavy (non-hydrogen) atoms. The van der Waals surface area contributed by atoms with Crippen molar-refractivity contribution in [2.24, 2.45) is 5.73 Å². The van der Waals surface area contributed by atoms with Crippen molar-refractivity contribution in [2.45, 2.75) is 25.3 Å². The van der Waals surface area contributed by atoms with Crippen LogP contribution in [-0.4, -0.2) is 42.1 Å². The number of hydrogen-bond donors (Lipinski definition) is 3. The first-order valence-electron chi connectivity index (χ1n) is 8.48. The third kappa shape index (κ3) is 6.67. The Hall–Kier alpha value is -2.41. The molecule has 1 unspecified atom stereocenters. The zero-order valence-electron chi connectivity index (χ0n) is 15.5. The second-order valence-corrected chi connectivity index (χ2v) is 6.47. The van der Waals surface area contributed by atoms with Crippen molar-refractivity contribution in [3.63, 3.8) is 0 Å². The number of hydrogen-bond acceptors (Lipinski definition) is 4. The average molecular weight is 392 g/mol. The zero-order valence-corrected chi connectivity index (χ0v) is 16.3. The minimum atomic E-state index is -0.536. The van der Waals surface area contributed by atoms with Crippen LogP contribution in [0.15, 0.2) is 48.5 Å². The lowest BCUT2D eigenvalue weighted by Crippen LogP contribution is -2.41. The second-order valence-electron chi connectivity index (χ2n) is 6.47. The van der Waals surface area contributed by atoms with Crippen LogP contribution in [0.3, 0.4) is 0 Å². The van der Waals surface area contributed by atoms with Crippen molar-refractivity contribution in [1.29, 1.82) is 0 Å². The molecule has 146 valence electrons. The van der Waals surface area contributed by atoms with Gasteiger partial charge in [0, 0.05) is 20.5 Å². The summed E-state index contributed by atoms with van der Waals surface area (Å²) in [7, 11) is 3.40. The summed E-state index contributed by atoms with van der Waals surface area (Å²) in [5.74, 6) is -0.477. The fourth-order valence-electron chi connectivity index (χ4n) is 2.68. The molecule has 0 spiro atoms. The van der Waals surface area contributed by atoms with E-state index in [9.17, 15) is 9.59 Å². The summed E-state index contributed by atoms with van der Waals surface area (Å²) >= 11 is 0. The van der Waals surface area contributed by atoms with Crippen LogP contribution in [0.5, 0.6) is 0 Å². The van der Waals surface area contributed by atoms with E-state index >= 15 is 0 Å². The first-order valence-corrected chi connectivity index (χ1v) is 8.48. The molecule has 0 aliphatic heterocycles. The predicted molar refractivity (Wildman–Crippen MR) is 108 cm³/mol. The molecule has 0 saturated heterocycles. The molecule has 0 aliphatic rings. The standard InChI is InChI=1S/C20H25N3O3.ClH/c1-23(2)20(25)18(21)13-15-5-10-17(11-6-15)16-8-3-14(4-9-16)7-12-19(24)22-26;/h3-6,8-11,18,26H,7,12-13,21H2,1-2H3,(H,22,24);1H. The van der Waals surface area contributed by atoms with Crippen LogP contribution in [-0.2, 0) is 22.4 Å². The van der Waals surface area contributed by atoms with Gasteiger partial charge in [-0.05, 0) is 35.1 Å². The van der Waals surface area contributed by atoms with Crippen molar-refractivity contribution >= 4 is 24.2 Å². The Kier molecular flexibility index (Phi) is 8.94. The Morgan fingerprint density at radius 3 is 1.93 bits per heavy atom. The maximum absolute atomic E-state index is 11.8. The van der Waals surface area contributed by atoms with Crippen molar-refractivity contribution in [3.05, 3.63) is 59.7 Å². The second kappa shape index (κ2) is 10.7. The van der Waals surface area contributed by atoms with Gasteiger partial charge in [-0.15, -0.1) is 12.4 Å². The lowest BCUT2D eigenvalue weighted by Gasteiger charge is -2.16. The minimum absolute atomic E-state index is 0. The van der Waals surface area contributed by atoms with Crippen molar-refractivity contribution in [1.82, 2.24) is 10.4 Å². The van der Waals surface area contributed by atoms with Crippen LogP contribution in [0, 0.1) is 0 Å². The summed E-state index contributed by atoms with van der Waals surface area (Å²) in [6.07, 6.45) is 1.32. The molecule has 2 aromatic carbocycles. The molecule has 2 rings (SSSR count). The highest BCUT2D eigenvalue weighted by Crippen LogP contribution is 2.21. The molecule has 6 nitrogen and oxygen atoms in total. The first kappa shape index (κ1) is 22.6. The fourth-order valence-corrected chi connectivity index (χ4v) is 2.68. The van der Waals surface area contributed by atoms with Gasteiger partial charge in [0.15, 0.2) is 0 Å². The Morgan fingerprint density at radius 1 is 1.00 bits per heavy atom. The molecule has 2 amide bonds. The minimum Gasteiger partial charge on any atom is -0.347 e. The van der Waals surface area contributed by atoms with E-state index in [0.29, 0.717) is 12.8 Å². The van der Waals surface area contributed by atoms with Crippen LogP contribution < -0.4 is 11.2 Å². The Labute approximate surface area is 165 Å². The molecule has 7 heteroatoms. The molecular weight excluding hydrogens is 366 g/mol. The van der Waals surface area contributed by atoms with E-state index in [4.69, 9.17) is 10.9 Å². The van der Waals surface area contributed by atoms with Gasteiger partial charge in [-0.25, -0.2) is 5.48 Å². The van der Waals surface area contributed by atoms with Crippen LogP contribution in [0.25, 0.3) is 11.1 Å².